The Balaban J connectivity index is 1.99. The molecule has 0 amide bonds. The zero-order valence-corrected chi connectivity index (χ0v) is 11.7. The van der Waals surface area contributed by atoms with E-state index in [-0.39, 0.29) is 0 Å². The molecule has 0 aliphatic carbocycles. The van der Waals surface area contributed by atoms with Crippen LogP contribution in [-0.2, 0) is 7.05 Å². The molecule has 0 saturated heterocycles. The molecule has 0 spiro atoms. The lowest BCUT2D eigenvalue weighted by Crippen LogP contribution is -1.93. The third kappa shape index (κ3) is 2.20. The Hall–Kier alpha value is -1.93. The summed E-state index contributed by atoms with van der Waals surface area (Å²) < 4.78 is 2.11. The van der Waals surface area contributed by atoms with Crippen LogP contribution in [0.2, 0.25) is 5.02 Å². The van der Waals surface area contributed by atoms with E-state index in [1.54, 1.807) is 0 Å². The Labute approximate surface area is 117 Å². The zero-order chi connectivity index (χ0) is 13.4. The third-order valence-electron chi connectivity index (χ3n) is 3.43. The number of nitrogens with one attached hydrogen (secondary N) is 1. The highest BCUT2D eigenvalue weighted by molar-refractivity contribution is 6.31. The van der Waals surface area contributed by atoms with Gasteiger partial charge in [-0.05, 0) is 48.9 Å². The van der Waals surface area contributed by atoms with Crippen LogP contribution < -0.4 is 5.32 Å². The first-order chi connectivity index (χ1) is 9.15. The molecule has 0 aliphatic rings. The molecule has 3 aromatic rings. The second-order valence-electron chi connectivity index (χ2n) is 4.74. The minimum Gasteiger partial charge on any atom is -0.355 e. The molecule has 1 N–H and O–H groups in total. The van der Waals surface area contributed by atoms with Crippen molar-refractivity contribution in [2.45, 2.75) is 6.92 Å². The maximum absolute atomic E-state index is 6.14. The van der Waals surface area contributed by atoms with E-state index in [0.29, 0.717) is 0 Å². The van der Waals surface area contributed by atoms with E-state index in [9.17, 15) is 0 Å². The van der Waals surface area contributed by atoms with Gasteiger partial charge in [0, 0.05) is 40.5 Å². The molecule has 19 heavy (non-hydrogen) atoms. The minimum atomic E-state index is 0.783. The Morgan fingerprint density at radius 3 is 2.79 bits per heavy atom. The normalized spacial score (nSPS) is 10.9. The van der Waals surface area contributed by atoms with Crippen LogP contribution in [0.3, 0.4) is 0 Å². The molecular formula is C16H15ClN2. The highest BCUT2D eigenvalue weighted by atomic mass is 35.5. The van der Waals surface area contributed by atoms with Gasteiger partial charge in [-0.25, -0.2) is 0 Å². The molecule has 2 aromatic carbocycles. The number of fused-ring (bicyclic) bond motifs is 1. The van der Waals surface area contributed by atoms with Crippen LogP contribution in [-0.4, -0.2) is 4.57 Å². The molecular weight excluding hydrogens is 256 g/mol. The van der Waals surface area contributed by atoms with Gasteiger partial charge in [0.25, 0.3) is 0 Å². The van der Waals surface area contributed by atoms with E-state index >= 15 is 0 Å². The van der Waals surface area contributed by atoms with Gasteiger partial charge in [0.15, 0.2) is 0 Å². The zero-order valence-electron chi connectivity index (χ0n) is 10.9. The monoisotopic (exact) mass is 270 g/mol. The van der Waals surface area contributed by atoms with Crippen molar-refractivity contribution in [1.29, 1.82) is 0 Å². The van der Waals surface area contributed by atoms with Crippen LogP contribution in [0.1, 0.15) is 5.56 Å². The topological polar surface area (TPSA) is 17.0 Å². The lowest BCUT2D eigenvalue weighted by Gasteiger charge is -2.11. The standard InChI is InChI=1S/C16H15ClN2/c1-11-14(17)4-3-5-15(11)18-13-6-7-16-12(10-13)8-9-19(16)2/h3-10,18H,1-2H3. The van der Waals surface area contributed by atoms with Crippen molar-refractivity contribution in [2.24, 2.45) is 7.05 Å². The number of aromatic nitrogens is 1. The first kappa shape index (κ1) is 12.1. The van der Waals surface area contributed by atoms with Crippen molar-refractivity contribution in [3.63, 3.8) is 0 Å². The first-order valence-corrected chi connectivity index (χ1v) is 6.60. The van der Waals surface area contributed by atoms with Crippen molar-refractivity contribution < 1.29 is 0 Å². The van der Waals surface area contributed by atoms with E-state index in [0.717, 1.165) is 22.0 Å². The van der Waals surface area contributed by atoms with Crippen molar-refractivity contribution >= 4 is 33.9 Å². The van der Waals surface area contributed by atoms with Gasteiger partial charge in [-0.2, -0.15) is 0 Å². The van der Waals surface area contributed by atoms with Crippen LogP contribution >= 0.6 is 11.6 Å². The second kappa shape index (κ2) is 4.63. The van der Waals surface area contributed by atoms with E-state index < -0.39 is 0 Å². The molecule has 1 aromatic heterocycles. The Kier molecular flexibility index (Phi) is 2.96. The summed E-state index contributed by atoms with van der Waals surface area (Å²) in [6, 6.07) is 14.4. The molecule has 0 fully saturated rings. The van der Waals surface area contributed by atoms with Crippen LogP contribution in [0, 0.1) is 6.92 Å². The molecule has 0 bridgehead atoms. The first-order valence-electron chi connectivity index (χ1n) is 6.22. The molecule has 0 aliphatic heterocycles. The quantitative estimate of drug-likeness (QED) is 0.702. The molecule has 0 saturated carbocycles. The predicted molar refractivity (Wildman–Crippen MR) is 82.4 cm³/mol. The van der Waals surface area contributed by atoms with Crippen molar-refractivity contribution in [3.05, 3.63) is 59.2 Å². The van der Waals surface area contributed by atoms with E-state index in [4.69, 9.17) is 11.6 Å². The largest absolute Gasteiger partial charge is 0.355 e. The summed E-state index contributed by atoms with van der Waals surface area (Å²) in [5.41, 5.74) is 4.41. The Bertz CT molecular complexity index is 744. The third-order valence-corrected chi connectivity index (χ3v) is 3.84. The van der Waals surface area contributed by atoms with Crippen molar-refractivity contribution in [3.8, 4) is 0 Å². The van der Waals surface area contributed by atoms with Crippen LogP contribution in [0.5, 0.6) is 0 Å². The van der Waals surface area contributed by atoms with Gasteiger partial charge in [-0.15, -0.1) is 0 Å². The summed E-state index contributed by atoms with van der Waals surface area (Å²) in [6.07, 6.45) is 2.07. The van der Waals surface area contributed by atoms with Crippen LogP contribution in [0.4, 0.5) is 11.4 Å². The number of rotatable bonds is 2. The Morgan fingerprint density at radius 2 is 1.95 bits per heavy atom. The van der Waals surface area contributed by atoms with Gasteiger partial charge < -0.3 is 9.88 Å². The van der Waals surface area contributed by atoms with Crippen LogP contribution in [0.25, 0.3) is 10.9 Å². The fourth-order valence-corrected chi connectivity index (χ4v) is 2.43. The van der Waals surface area contributed by atoms with Crippen molar-refractivity contribution in [2.75, 3.05) is 5.32 Å². The SMILES string of the molecule is Cc1c(Cl)cccc1Nc1ccc2c(ccn2C)c1. The maximum atomic E-state index is 6.14. The summed E-state index contributed by atoms with van der Waals surface area (Å²) in [7, 11) is 2.05. The van der Waals surface area contributed by atoms with E-state index in [1.807, 2.05) is 25.1 Å². The number of halogens is 1. The fourth-order valence-electron chi connectivity index (χ4n) is 2.26. The average molecular weight is 271 g/mol. The summed E-state index contributed by atoms with van der Waals surface area (Å²) in [6.45, 7) is 2.02. The Morgan fingerprint density at radius 1 is 1.11 bits per heavy atom. The van der Waals surface area contributed by atoms with Crippen LogP contribution in [0.15, 0.2) is 48.7 Å². The molecule has 1 heterocycles. The van der Waals surface area contributed by atoms with Gasteiger partial charge in [0.2, 0.25) is 0 Å². The number of aryl methyl sites for hydroxylation is 1. The maximum Gasteiger partial charge on any atom is 0.0479 e. The minimum absolute atomic E-state index is 0.783. The smallest absolute Gasteiger partial charge is 0.0479 e. The highest BCUT2D eigenvalue weighted by Gasteiger charge is 2.04. The lowest BCUT2D eigenvalue weighted by molar-refractivity contribution is 0.969. The van der Waals surface area contributed by atoms with E-state index in [2.05, 4.69) is 47.4 Å². The summed E-state index contributed by atoms with van der Waals surface area (Å²) in [5.74, 6) is 0. The number of hydrogen-bond acceptors (Lipinski definition) is 1. The lowest BCUT2D eigenvalue weighted by atomic mass is 10.1. The second-order valence-corrected chi connectivity index (χ2v) is 5.14. The molecule has 3 rings (SSSR count). The fraction of sp³-hybridized carbons (Fsp3) is 0.125. The van der Waals surface area contributed by atoms with Gasteiger partial charge in [0.05, 0.1) is 0 Å². The number of benzene rings is 2. The van der Waals surface area contributed by atoms with Gasteiger partial charge >= 0.3 is 0 Å². The summed E-state index contributed by atoms with van der Waals surface area (Å²) >= 11 is 6.14. The predicted octanol–water partition coefficient (Wildman–Crippen LogP) is 4.88. The molecule has 96 valence electrons. The molecule has 0 radical (unpaired) electrons. The molecule has 0 atom stereocenters. The number of hydrogen-bond donors (Lipinski definition) is 1. The summed E-state index contributed by atoms with van der Waals surface area (Å²) in [4.78, 5) is 0. The van der Waals surface area contributed by atoms with Gasteiger partial charge in [-0.3, -0.25) is 0 Å². The molecule has 3 heteroatoms. The number of anilines is 2. The van der Waals surface area contributed by atoms with Crippen molar-refractivity contribution in [1.82, 2.24) is 4.57 Å². The molecule has 0 unspecified atom stereocenters. The average Bonchev–Trinajstić information content (AvgIpc) is 2.76. The van der Waals surface area contributed by atoms with Gasteiger partial charge in [0.1, 0.15) is 0 Å². The number of nitrogens with zero attached hydrogens (tertiary/aromatic N) is 1. The summed E-state index contributed by atoms with van der Waals surface area (Å²) in [5, 5.41) is 5.43. The van der Waals surface area contributed by atoms with E-state index in [1.165, 1.54) is 10.9 Å². The highest BCUT2D eigenvalue weighted by Crippen LogP contribution is 2.27. The molecule has 2 nitrogen and oxygen atoms in total. The van der Waals surface area contributed by atoms with Gasteiger partial charge in [-0.1, -0.05) is 17.7 Å².